The molecule has 0 fully saturated rings. The number of carboxylic acids is 1. The van der Waals surface area contributed by atoms with Crippen molar-refractivity contribution in [3.63, 3.8) is 0 Å². The Morgan fingerprint density at radius 1 is 1.38 bits per heavy atom. The molecule has 0 aliphatic carbocycles. The van der Waals surface area contributed by atoms with Crippen LogP contribution in [0.3, 0.4) is 0 Å². The molecule has 0 saturated carbocycles. The number of anilines is 1. The van der Waals surface area contributed by atoms with Gasteiger partial charge in [0.25, 0.3) is 10.0 Å². The fourth-order valence-corrected chi connectivity index (χ4v) is 3.90. The Balaban J connectivity index is 2.41. The Hall–Kier alpha value is -1.51. The van der Waals surface area contributed by atoms with Crippen molar-refractivity contribution in [3.8, 4) is 0 Å². The molecule has 0 saturated heterocycles. The van der Waals surface area contributed by atoms with E-state index in [9.17, 15) is 13.2 Å². The van der Waals surface area contributed by atoms with E-state index in [0.717, 1.165) is 11.6 Å². The molecule has 0 aliphatic rings. The first-order valence-electron chi connectivity index (χ1n) is 5.52. The normalized spacial score (nSPS) is 11.4. The van der Waals surface area contributed by atoms with Gasteiger partial charge in [0.2, 0.25) is 5.76 Å². The number of benzene rings is 1. The third-order valence-electron chi connectivity index (χ3n) is 2.52. The molecule has 112 valence electrons. The summed E-state index contributed by atoms with van der Waals surface area (Å²) in [6.45, 7) is 1.82. The number of aromatic carboxylic acids is 1. The Labute approximate surface area is 133 Å². The maximum atomic E-state index is 12.2. The fraction of sp³-hybridized carbons (Fsp3) is 0.0833. The van der Waals surface area contributed by atoms with Gasteiger partial charge < -0.3 is 9.52 Å². The first kappa shape index (κ1) is 15.9. The second kappa shape index (κ2) is 5.70. The fourth-order valence-electron chi connectivity index (χ4n) is 1.54. The average molecular weight is 395 g/mol. The van der Waals surface area contributed by atoms with Gasteiger partial charge in [-0.1, -0.05) is 17.7 Å². The highest BCUT2D eigenvalue weighted by molar-refractivity contribution is 9.10. The van der Waals surface area contributed by atoms with Crippen LogP contribution in [0.15, 0.2) is 38.2 Å². The van der Waals surface area contributed by atoms with E-state index in [-0.39, 0.29) is 20.3 Å². The van der Waals surface area contributed by atoms with Gasteiger partial charge in [0, 0.05) is 6.07 Å². The number of halogens is 2. The quantitative estimate of drug-likeness (QED) is 0.827. The van der Waals surface area contributed by atoms with Crippen LogP contribution < -0.4 is 4.72 Å². The van der Waals surface area contributed by atoms with Crippen LogP contribution in [0.25, 0.3) is 0 Å². The molecule has 1 heterocycles. The molecule has 0 bridgehead atoms. The Bertz CT molecular complexity index is 815. The predicted octanol–water partition coefficient (Wildman–Crippen LogP) is 3.50. The molecule has 0 radical (unpaired) electrons. The van der Waals surface area contributed by atoms with Gasteiger partial charge in [0.1, 0.15) is 4.90 Å². The van der Waals surface area contributed by atoms with Crippen LogP contribution >= 0.6 is 27.5 Å². The number of nitrogens with one attached hydrogen (secondary N) is 1. The van der Waals surface area contributed by atoms with Crippen molar-refractivity contribution in [2.24, 2.45) is 0 Å². The summed E-state index contributed by atoms with van der Waals surface area (Å²) in [6.07, 6.45) is 0. The zero-order valence-electron chi connectivity index (χ0n) is 10.6. The lowest BCUT2D eigenvalue weighted by Gasteiger charge is -2.08. The first-order chi connectivity index (χ1) is 9.70. The molecule has 9 heteroatoms. The van der Waals surface area contributed by atoms with Crippen LogP contribution in [0, 0.1) is 6.92 Å². The van der Waals surface area contributed by atoms with Crippen LogP contribution in [0.2, 0.25) is 5.02 Å². The van der Waals surface area contributed by atoms with Crippen LogP contribution in [0.4, 0.5) is 5.69 Å². The van der Waals surface area contributed by atoms with Crippen molar-refractivity contribution in [2.75, 3.05) is 4.72 Å². The lowest BCUT2D eigenvalue weighted by Crippen LogP contribution is -2.13. The summed E-state index contributed by atoms with van der Waals surface area (Å²) in [5, 5.41) is 9.03. The zero-order valence-corrected chi connectivity index (χ0v) is 13.7. The number of rotatable bonds is 4. The van der Waals surface area contributed by atoms with E-state index in [2.05, 4.69) is 20.7 Å². The van der Waals surface area contributed by atoms with E-state index in [0.29, 0.717) is 0 Å². The summed E-state index contributed by atoms with van der Waals surface area (Å²) in [7, 11) is -4.03. The first-order valence-corrected chi connectivity index (χ1v) is 8.18. The van der Waals surface area contributed by atoms with Gasteiger partial charge in [-0.2, -0.15) is 0 Å². The molecule has 0 amide bonds. The number of carboxylic acid groups (broad SMARTS) is 1. The van der Waals surface area contributed by atoms with E-state index >= 15 is 0 Å². The van der Waals surface area contributed by atoms with Gasteiger partial charge in [0.05, 0.1) is 10.7 Å². The molecular formula is C12H9BrClNO5S. The SMILES string of the molecule is Cc1ccc(NS(=O)(=O)c2cc(C(=O)O)oc2Br)c(Cl)c1. The lowest BCUT2D eigenvalue weighted by molar-refractivity contribution is 0.0661. The second-order valence-electron chi connectivity index (χ2n) is 4.14. The molecule has 21 heavy (non-hydrogen) atoms. The largest absolute Gasteiger partial charge is 0.475 e. The number of furan rings is 1. The smallest absolute Gasteiger partial charge is 0.371 e. The third-order valence-corrected chi connectivity index (χ3v) is 5.06. The number of hydrogen-bond donors (Lipinski definition) is 2. The summed E-state index contributed by atoms with van der Waals surface area (Å²) in [4.78, 5) is 10.5. The van der Waals surface area contributed by atoms with Gasteiger partial charge in [-0.05, 0) is 40.5 Å². The number of carbonyl (C=O) groups is 1. The van der Waals surface area contributed by atoms with Crippen molar-refractivity contribution in [1.82, 2.24) is 0 Å². The minimum Gasteiger partial charge on any atom is -0.475 e. The monoisotopic (exact) mass is 393 g/mol. The minimum atomic E-state index is -4.03. The highest BCUT2D eigenvalue weighted by atomic mass is 79.9. The summed E-state index contributed by atoms with van der Waals surface area (Å²) >= 11 is 8.84. The molecule has 0 unspecified atom stereocenters. The van der Waals surface area contributed by atoms with Crippen molar-refractivity contribution in [2.45, 2.75) is 11.8 Å². The highest BCUT2D eigenvalue weighted by Gasteiger charge is 2.25. The topological polar surface area (TPSA) is 96.6 Å². The van der Waals surface area contributed by atoms with Gasteiger partial charge in [-0.3, -0.25) is 4.72 Å². The zero-order chi connectivity index (χ0) is 15.8. The summed E-state index contributed by atoms with van der Waals surface area (Å²) in [6, 6.07) is 5.72. The third kappa shape index (κ3) is 3.39. The molecule has 1 aromatic carbocycles. The Morgan fingerprint density at radius 2 is 2.05 bits per heavy atom. The standard InChI is InChI=1S/C12H9BrClNO5S/c1-6-2-3-8(7(14)4-6)15-21(18,19)10-5-9(12(16)17)20-11(10)13/h2-5,15H,1H3,(H,16,17). The maximum Gasteiger partial charge on any atom is 0.371 e. The molecule has 0 atom stereocenters. The minimum absolute atomic E-state index is 0.187. The molecule has 0 spiro atoms. The van der Waals surface area contributed by atoms with Crippen LogP contribution in [0.1, 0.15) is 16.1 Å². The molecule has 0 aliphatic heterocycles. The van der Waals surface area contributed by atoms with Crippen molar-refractivity contribution in [1.29, 1.82) is 0 Å². The summed E-state index contributed by atoms with van der Waals surface area (Å²) < 4.78 is 31.4. The average Bonchev–Trinajstić information content (AvgIpc) is 2.76. The van der Waals surface area contributed by atoms with Gasteiger partial charge in [0.15, 0.2) is 4.67 Å². The van der Waals surface area contributed by atoms with Crippen molar-refractivity contribution in [3.05, 3.63) is 45.3 Å². The molecule has 2 aromatic rings. The molecule has 6 nitrogen and oxygen atoms in total. The Morgan fingerprint density at radius 3 is 2.57 bits per heavy atom. The second-order valence-corrected chi connectivity index (χ2v) is 6.92. The number of aryl methyl sites for hydroxylation is 1. The van der Waals surface area contributed by atoms with E-state index in [1.54, 1.807) is 12.1 Å². The van der Waals surface area contributed by atoms with E-state index in [1.165, 1.54) is 6.07 Å². The Kier molecular flexibility index (Phi) is 4.31. The van der Waals surface area contributed by atoms with Crippen molar-refractivity contribution < 1.29 is 22.7 Å². The van der Waals surface area contributed by atoms with Crippen LogP contribution in [-0.4, -0.2) is 19.5 Å². The molecule has 1 aromatic heterocycles. The van der Waals surface area contributed by atoms with Crippen molar-refractivity contribution >= 4 is 49.2 Å². The van der Waals surface area contributed by atoms with Crippen LogP contribution in [0.5, 0.6) is 0 Å². The maximum absolute atomic E-state index is 12.2. The summed E-state index contributed by atoms with van der Waals surface area (Å²) in [5.74, 6) is -1.86. The van der Waals surface area contributed by atoms with Gasteiger partial charge in [-0.25, -0.2) is 13.2 Å². The molecule has 2 rings (SSSR count). The van der Waals surface area contributed by atoms with E-state index < -0.39 is 21.8 Å². The number of sulfonamides is 1. The molecule has 2 N–H and O–H groups in total. The molecular weight excluding hydrogens is 386 g/mol. The summed E-state index contributed by atoms with van der Waals surface area (Å²) in [5.41, 5.74) is 1.06. The van der Waals surface area contributed by atoms with E-state index in [4.69, 9.17) is 21.1 Å². The van der Waals surface area contributed by atoms with Crippen LogP contribution in [-0.2, 0) is 10.0 Å². The highest BCUT2D eigenvalue weighted by Crippen LogP contribution is 2.30. The van der Waals surface area contributed by atoms with Gasteiger partial charge >= 0.3 is 5.97 Å². The predicted molar refractivity (Wildman–Crippen MR) is 80.4 cm³/mol. The number of hydrogen-bond acceptors (Lipinski definition) is 4. The lowest BCUT2D eigenvalue weighted by atomic mass is 10.2. The van der Waals surface area contributed by atoms with Gasteiger partial charge in [-0.15, -0.1) is 0 Å². The van der Waals surface area contributed by atoms with E-state index in [1.807, 2.05) is 6.92 Å².